The van der Waals surface area contributed by atoms with Gasteiger partial charge in [-0.05, 0) is 19.4 Å². The van der Waals surface area contributed by atoms with Gasteiger partial charge in [0.1, 0.15) is 5.75 Å². The molecule has 0 amide bonds. The SMILES string of the molecule is CCOC1CSC2(C1)CN(Cc1ccccc1OC)C2.O=C(O)C(F)(F)F. The van der Waals surface area contributed by atoms with Gasteiger partial charge in [-0.15, -0.1) is 11.8 Å². The van der Waals surface area contributed by atoms with Crippen LogP contribution in [0, 0.1) is 0 Å². The molecule has 0 bridgehead atoms. The number of benzene rings is 1. The minimum atomic E-state index is -5.08. The number of alkyl halides is 3. The van der Waals surface area contributed by atoms with Crippen molar-refractivity contribution in [1.29, 1.82) is 0 Å². The highest BCUT2D eigenvalue weighted by atomic mass is 32.2. The van der Waals surface area contributed by atoms with Crippen LogP contribution >= 0.6 is 11.8 Å². The molecule has 1 spiro atoms. The molecule has 1 aromatic carbocycles. The first kappa shape index (κ1) is 21.8. The number of hydrogen-bond acceptors (Lipinski definition) is 5. The third-order valence-electron chi connectivity index (χ3n) is 4.43. The number of para-hydroxylation sites is 1. The highest BCUT2D eigenvalue weighted by molar-refractivity contribution is 8.01. The van der Waals surface area contributed by atoms with Crippen molar-refractivity contribution in [3.05, 3.63) is 29.8 Å². The molecule has 0 radical (unpaired) electrons. The summed E-state index contributed by atoms with van der Waals surface area (Å²) in [7, 11) is 1.75. The number of halogens is 3. The molecule has 0 aromatic heterocycles. The van der Waals surface area contributed by atoms with E-state index in [-0.39, 0.29) is 0 Å². The summed E-state index contributed by atoms with van der Waals surface area (Å²) in [5.41, 5.74) is 1.29. The van der Waals surface area contributed by atoms with Crippen molar-refractivity contribution in [2.75, 3.05) is 32.6 Å². The molecular formula is C18H24F3NO4S. The Hall–Kier alpha value is -1.45. The van der Waals surface area contributed by atoms with Gasteiger partial charge in [-0.3, -0.25) is 4.90 Å². The largest absolute Gasteiger partial charge is 0.496 e. The van der Waals surface area contributed by atoms with E-state index in [1.807, 2.05) is 12.1 Å². The summed E-state index contributed by atoms with van der Waals surface area (Å²) in [4.78, 5) is 11.4. The van der Waals surface area contributed by atoms with Gasteiger partial charge < -0.3 is 14.6 Å². The number of rotatable bonds is 5. The van der Waals surface area contributed by atoms with Crippen molar-refractivity contribution in [3.8, 4) is 5.75 Å². The number of aliphatic carboxylic acids is 1. The van der Waals surface area contributed by atoms with Crippen LogP contribution in [0.5, 0.6) is 5.75 Å². The van der Waals surface area contributed by atoms with E-state index in [0.717, 1.165) is 24.7 Å². The molecule has 27 heavy (non-hydrogen) atoms. The van der Waals surface area contributed by atoms with Crippen molar-refractivity contribution >= 4 is 17.7 Å². The molecule has 3 rings (SSSR count). The maximum atomic E-state index is 10.6. The standard InChI is InChI=1S/C16H23NO2S.C2HF3O2/c1-3-19-14-8-16(20-10-14)11-17(12-16)9-13-6-4-5-7-15(13)18-2;3-2(4,5)1(6)7/h4-7,14H,3,8-12H2,1-2H3;(H,6,7). The lowest BCUT2D eigenvalue weighted by Gasteiger charge is -2.47. The van der Waals surface area contributed by atoms with E-state index >= 15 is 0 Å². The number of hydrogen-bond donors (Lipinski definition) is 1. The molecule has 0 saturated carbocycles. The number of carboxylic acid groups (broad SMARTS) is 1. The van der Waals surface area contributed by atoms with Crippen LogP contribution in [0.15, 0.2) is 24.3 Å². The molecule has 152 valence electrons. The number of thioether (sulfide) groups is 1. The maximum absolute atomic E-state index is 10.6. The Morgan fingerprint density at radius 2 is 2.00 bits per heavy atom. The number of likely N-dealkylation sites (tertiary alicyclic amines) is 1. The number of methoxy groups -OCH3 is 1. The van der Waals surface area contributed by atoms with Crippen LogP contribution in [0.4, 0.5) is 13.2 Å². The van der Waals surface area contributed by atoms with E-state index < -0.39 is 12.1 Å². The Morgan fingerprint density at radius 1 is 1.37 bits per heavy atom. The second-order valence-electron chi connectivity index (χ2n) is 6.54. The Labute approximate surface area is 160 Å². The quantitative estimate of drug-likeness (QED) is 0.807. The first-order valence-corrected chi connectivity index (χ1v) is 9.57. The van der Waals surface area contributed by atoms with Crippen LogP contribution in [0.2, 0.25) is 0 Å². The second-order valence-corrected chi connectivity index (χ2v) is 8.02. The van der Waals surface area contributed by atoms with E-state index in [2.05, 4.69) is 35.7 Å². The van der Waals surface area contributed by atoms with Crippen molar-refractivity contribution in [2.24, 2.45) is 0 Å². The molecule has 1 N–H and O–H groups in total. The van der Waals surface area contributed by atoms with Crippen LogP contribution in [-0.2, 0) is 16.1 Å². The molecule has 1 unspecified atom stereocenters. The zero-order chi connectivity index (χ0) is 20.1. The first-order chi connectivity index (χ1) is 12.7. The molecule has 2 aliphatic rings. The smallest absolute Gasteiger partial charge is 0.490 e. The zero-order valence-corrected chi connectivity index (χ0v) is 16.1. The van der Waals surface area contributed by atoms with Crippen LogP contribution < -0.4 is 4.74 Å². The third kappa shape index (κ3) is 6.02. The molecule has 1 aromatic rings. The minimum absolute atomic E-state index is 0.460. The van der Waals surface area contributed by atoms with Crippen LogP contribution in [0.25, 0.3) is 0 Å². The fourth-order valence-electron chi connectivity index (χ4n) is 3.32. The van der Waals surface area contributed by atoms with Gasteiger partial charge in [0.15, 0.2) is 0 Å². The summed E-state index contributed by atoms with van der Waals surface area (Å²) in [5.74, 6) is -0.594. The average molecular weight is 407 g/mol. The van der Waals surface area contributed by atoms with Gasteiger partial charge in [-0.1, -0.05) is 18.2 Å². The number of ether oxygens (including phenoxy) is 2. The lowest BCUT2D eigenvalue weighted by Crippen LogP contribution is -2.58. The minimum Gasteiger partial charge on any atom is -0.496 e. The van der Waals surface area contributed by atoms with Gasteiger partial charge in [0.25, 0.3) is 0 Å². The lowest BCUT2D eigenvalue weighted by atomic mass is 9.92. The number of carbonyl (C=O) groups is 1. The van der Waals surface area contributed by atoms with Gasteiger partial charge in [-0.25, -0.2) is 4.79 Å². The molecule has 9 heteroatoms. The summed E-state index contributed by atoms with van der Waals surface area (Å²) < 4.78 is 43.4. The monoisotopic (exact) mass is 407 g/mol. The summed E-state index contributed by atoms with van der Waals surface area (Å²) in [6.07, 6.45) is -3.40. The Balaban J connectivity index is 0.000000321. The van der Waals surface area contributed by atoms with E-state index in [1.54, 1.807) is 7.11 Å². The van der Waals surface area contributed by atoms with Gasteiger partial charge in [0.2, 0.25) is 0 Å². The predicted octanol–water partition coefficient (Wildman–Crippen LogP) is 3.42. The van der Waals surface area contributed by atoms with E-state index in [0.29, 0.717) is 10.9 Å². The molecular weight excluding hydrogens is 383 g/mol. The Bertz CT molecular complexity index is 635. The highest BCUT2D eigenvalue weighted by Gasteiger charge is 2.49. The fourth-order valence-corrected chi connectivity index (χ4v) is 4.93. The Kier molecular flexibility index (Phi) is 7.41. The molecule has 2 aliphatic heterocycles. The molecule has 0 aliphatic carbocycles. The molecule has 1 atom stereocenters. The van der Waals surface area contributed by atoms with Crippen LogP contribution in [0.3, 0.4) is 0 Å². The summed E-state index contributed by atoms with van der Waals surface area (Å²) in [6.45, 7) is 6.28. The normalized spacial score (nSPS) is 21.3. The molecule has 2 heterocycles. The van der Waals surface area contributed by atoms with Crippen molar-refractivity contribution in [2.45, 2.75) is 36.9 Å². The van der Waals surface area contributed by atoms with Crippen molar-refractivity contribution in [3.63, 3.8) is 0 Å². The van der Waals surface area contributed by atoms with E-state index in [9.17, 15) is 13.2 Å². The highest BCUT2D eigenvalue weighted by Crippen LogP contribution is 2.46. The topological polar surface area (TPSA) is 59.0 Å². The van der Waals surface area contributed by atoms with Gasteiger partial charge in [0.05, 0.1) is 13.2 Å². The van der Waals surface area contributed by atoms with E-state index in [1.165, 1.54) is 25.1 Å². The number of nitrogens with zero attached hydrogens (tertiary/aromatic N) is 1. The lowest BCUT2D eigenvalue weighted by molar-refractivity contribution is -0.192. The number of carboxylic acids is 1. The van der Waals surface area contributed by atoms with E-state index in [4.69, 9.17) is 19.4 Å². The molecule has 5 nitrogen and oxygen atoms in total. The third-order valence-corrected chi connectivity index (χ3v) is 6.01. The summed E-state index contributed by atoms with van der Waals surface area (Å²) in [6, 6.07) is 8.32. The first-order valence-electron chi connectivity index (χ1n) is 8.59. The van der Waals surface area contributed by atoms with Gasteiger partial charge >= 0.3 is 12.1 Å². The summed E-state index contributed by atoms with van der Waals surface area (Å²) >= 11 is 2.11. The van der Waals surface area contributed by atoms with Crippen LogP contribution in [-0.4, -0.2) is 65.6 Å². The summed E-state index contributed by atoms with van der Waals surface area (Å²) in [5, 5.41) is 7.12. The zero-order valence-electron chi connectivity index (χ0n) is 15.3. The van der Waals surface area contributed by atoms with Gasteiger partial charge in [0, 0.05) is 42.3 Å². The van der Waals surface area contributed by atoms with Crippen molar-refractivity contribution < 1.29 is 32.5 Å². The van der Waals surface area contributed by atoms with Crippen LogP contribution in [0.1, 0.15) is 18.9 Å². The molecule has 2 saturated heterocycles. The van der Waals surface area contributed by atoms with Crippen molar-refractivity contribution in [1.82, 2.24) is 4.90 Å². The van der Waals surface area contributed by atoms with Gasteiger partial charge in [-0.2, -0.15) is 13.2 Å². The Morgan fingerprint density at radius 3 is 2.56 bits per heavy atom. The maximum Gasteiger partial charge on any atom is 0.490 e. The average Bonchev–Trinajstić information content (AvgIpc) is 2.99. The second kappa shape index (κ2) is 9.16. The fraction of sp³-hybridized carbons (Fsp3) is 0.611. The molecule has 2 fully saturated rings. The predicted molar refractivity (Wildman–Crippen MR) is 97.2 cm³/mol.